The van der Waals surface area contributed by atoms with Gasteiger partial charge in [0.1, 0.15) is 0 Å². The molecule has 1 saturated heterocycles. The van der Waals surface area contributed by atoms with Gasteiger partial charge in [-0.05, 0) is 24.0 Å². The minimum Gasteiger partial charge on any atom is -0.365 e. The van der Waals surface area contributed by atoms with Crippen LogP contribution >= 0.6 is 0 Å². The Morgan fingerprint density at radius 2 is 2.12 bits per heavy atom. The minimum atomic E-state index is 0.0497. The highest BCUT2D eigenvalue weighted by Gasteiger charge is 2.41. The van der Waals surface area contributed by atoms with Crippen molar-refractivity contribution in [2.75, 3.05) is 0 Å². The lowest BCUT2D eigenvalue weighted by Gasteiger charge is -2.12. The molecule has 2 bridgehead atoms. The Morgan fingerprint density at radius 1 is 1.31 bits per heavy atom. The fourth-order valence-corrected chi connectivity index (χ4v) is 2.55. The molecule has 16 heavy (non-hydrogen) atoms. The van der Waals surface area contributed by atoms with Gasteiger partial charge in [-0.25, -0.2) is 0 Å². The van der Waals surface area contributed by atoms with Crippen LogP contribution in [0.25, 0.3) is 0 Å². The Morgan fingerprint density at radius 3 is 2.75 bits per heavy atom. The average molecular weight is 211 g/mol. The molecule has 1 fully saturated rings. The van der Waals surface area contributed by atoms with Crippen molar-refractivity contribution in [3.63, 3.8) is 0 Å². The Kier molecular flexibility index (Phi) is 2.27. The summed E-state index contributed by atoms with van der Waals surface area (Å²) >= 11 is 0. The molecular weight excluding hydrogens is 198 g/mol. The number of benzene rings is 1. The van der Waals surface area contributed by atoms with E-state index in [1.54, 1.807) is 0 Å². The topological polar surface area (TPSA) is 33.0 Å². The molecule has 0 aliphatic carbocycles. The van der Waals surface area contributed by atoms with E-state index in [1.165, 1.54) is 11.1 Å². The maximum Gasteiger partial charge on any atom is 0.0926 e. The van der Waals surface area contributed by atoms with E-state index >= 15 is 0 Å². The second kappa shape index (κ2) is 3.77. The summed E-state index contributed by atoms with van der Waals surface area (Å²) in [6.07, 6.45) is 4.22. The standard InChI is InChI=1S/C14H13NO/c15-9-12-8-13-11(7-14(12)16-13)6-10-4-2-1-3-5-10/h1-5,7,12-14H,6,8H2/t12-,13+,14+/m1/s1. The SMILES string of the molecule is N#C[C@H]1C[C@@H]2O[C@H]1C=C2Cc1ccccc1. The Bertz CT molecular complexity index is 457. The van der Waals surface area contributed by atoms with Crippen molar-refractivity contribution >= 4 is 0 Å². The van der Waals surface area contributed by atoms with Crippen LogP contribution in [0.5, 0.6) is 0 Å². The van der Waals surface area contributed by atoms with Gasteiger partial charge >= 0.3 is 0 Å². The number of nitrogens with zero attached hydrogens (tertiary/aromatic N) is 1. The molecule has 1 aromatic rings. The first-order valence-corrected chi connectivity index (χ1v) is 5.66. The lowest BCUT2D eigenvalue weighted by atomic mass is 9.88. The number of hydrogen-bond donors (Lipinski definition) is 0. The van der Waals surface area contributed by atoms with Gasteiger partial charge in [-0.1, -0.05) is 36.4 Å². The van der Waals surface area contributed by atoms with Crippen LogP contribution in [0.1, 0.15) is 12.0 Å². The van der Waals surface area contributed by atoms with E-state index in [1.807, 2.05) is 6.07 Å². The van der Waals surface area contributed by atoms with E-state index in [-0.39, 0.29) is 18.1 Å². The van der Waals surface area contributed by atoms with Crippen molar-refractivity contribution in [3.8, 4) is 6.07 Å². The number of rotatable bonds is 2. The van der Waals surface area contributed by atoms with Crippen molar-refractivity contribution in [2.45, 2.75) is 25.0 Å². The third kappa shape index (κ3) is 1.54. The van der Waals surface area contributed by atoms with E-state index in [0.717, 1.165) is 12.8 Å². The molecule has 0 unspecified atom stereocenters. The molecule has 0 amide bonds. The fraction of sp³-hybridized carbons (Fsp3) is 0.357. The minimum absolute atomic E-state index is 0.0497. The molecule has 2 aliphatic rings. The second-order valence-electron chi connectivity index (χ2n) is 4.46. The number of hydrogen-bond acceptors (Lipinski definition) is 2. The molecule has 2 nitrogen and oxygen atoms in total. The molecular formula is C14H13NO. The number of ether oxygens (including phenoxy) is 1. The summed E-state index contributed by atoms with van der Waals surface area (Å²) in [5.74, 6) is 0.0736. The molecule has 0 spiro atoms. The molecule has 2 aliphatic heterocycles. The number of fused-ring (bicyclic) bond motifs is 2. The summed E-state index contributed by atoms with van der Waals surface area (Å²) in [4.78, 5) is 0. The van der Waals surface area contributed by atoms with Gasteiger partial charge in [-0.2, -0.15) is 5.26 Å². The van der Waals surface area contributed by atoms with Gasteiger partial charge in [-0.3, -0.25) is 0 Å². The third-order valence-electron chi connectivity index (χ3n) is 3.39. The molecule has 80 valence electrons. The highest BCUT2D eigenvalue weighted by atomic mass is 16.5. The lowest BCUT2D eigenvalue weighted by Crippen LogP contribution is -2.13. The summed E-state index contributed by atoms with van der Waals surface area (Å²) in [6, 6.07) is 12.7. The van der Waals surface area contributed by atoms with Gasteiger partial charge in [0.05, 0.1) is 24.2 Å². The smallest absolute Gasteiger partial charge is 0.0926 e. The van der Waals surface area contributed by atoms with Crippen LogP contribution < -0.4 is 0 Å². The predicted molar refractivity (Wildman–Crippen MR) is 60.6 cm³/mol. The van der Waals surface area contributed by atoms with E-state index < -0.39 is 0 Å². The summed E-state index contributed by atoms with van der Waals surface area (Å²) in [5.41, 5.74) is 2.67. The van der Waals surface area contributed by atoms with Gasteiger partial charge in [0.25, 0.3) is 0 Å². The second-order valence-corrected chi connectivity index (χ2v) is 4.46. The van der Waals surface area contributed by atoms with Gasteiger partial charge in [0.2, 0.25) is 0 Å². The molecule has 0 aromatic heterocycles. The van der Waals surface area contributed by atoms with Gasteiger partial charge in [0.15, 0.2) is 0 Å². The monoisotopic (exact) mass is 211 g/mol. The van der Waals surface area contributed by atoms with Crippen LogP contribution in [0.4, 0.5) is 0 Å². The normalized spacial score (nSPS) is 31.2. The average Bonchev–Trinajstić information content (AvgIpc) is 2.89. The van der Waals surface area contributed by atoms with E-state index in [4.69, 9.17) is 10.00 Å². The van der Waals surface area contributed by atoms with Crippen molar-refractivity contribution < 1.29 is 4.74 Å². The molecule has 1 aromatic carbocycles. The third-order valence-corrected chi connectivity index (χ3v) is 3.39. The van der Waals surface area contributed by atoms with Crippen molar-refractivity contribution in [2.24, 2.45) is 5.92 Å². The zero-order valence-corrected chi connectivity index (χ0v) is 8.97. The molecule has 0 radical (unpaired) electrons. The quantitative estimate of drug-likeness (QED) is 0.704. The zero-order chi connectivity index (χ0) is 11.0. The maximum absolute atomic E-state index is 8.90. The van der Waals surface area contributed by atoms with Crippen LogP contribution in [-0.4, -0.2) is 12.2 Å². The Balaban J connectivity index is 1.76. The summed E-state index contributed by atoms with van der Waals surface area (Å²) in [7, 11) is 0. The first-order chi connectivity index (χ1) is 7.86. The first-order valence-electron chi connectivity index (χ1n) is 5.66. The largest absolute Gasteiger partial charge is 0.365 e. The van der Waals surface area contributed by atoms with E-state index in [2.05, 4.69) is 36.4 Å². The van der Waals surface area contributed by atoms with Crippen molar-refractivity contribution in [1.82, 2.24) is 0 Å². The van der Waals surface area contributed by atoms with Crippen molar-refractivity contribution in [3.05, 3.63) is 47.5 Å². The predicted octanol–water partition coefficient (Wildman–Crippen LogP) is 2.47. The van der Waals surface area contributed by atoms with Crippen LogP contribution in [0.3, 0.4) is 0 Å². The Labute approximate surface area is 95.2 Å². The molecule has 3 rings (SSSR count). The number of nitriles is 1. The van der Waals surface area contributed by atoms with Gasteiger partial charge in [0, 0.05) is 0 Å². The molecule has 0 N–H and O–H groups in total. The fourth-order valence-electron chi connectivity index (χ4n) is 2.55. The van der Waals surface area contributed by atoms with Crippen LogP contribution in [0, 0.1) is 17.2 Å². The Hall–Kier alpha value is -1.59. The van der Waals surface area contributed by atoms with Crippen LogP contribution in [-0.2, 0) is 11.2 Å². The van der Waals surface area contributed by atoms with Crippen molar-refractivity contribution in [1.29, 1.82) is 5.26 Å². The summed E-state index contributed by atoms with van der Waals surface area (Å²) in [5, 5.41) is 8.90. The van der Waals surface area contributed by atoms with E-state index in [0.29, 0.717) is 0 Å². The summed E-state index contributed by atoms with van der Waals surface area (Å²) in [6.45, 7) is 0. The molecule has 3 atom stereocenters. The maximum atomic E-state index is 8.90. The van der Waals surface area contributed by atoms with Crippen LogP contribution in [0.2, 0.25) is 0 Å². The van der Waals surface area contributed by atoms with Gasteiger partial charge in [-0.15, -0.1) is 0 Å². The highest BCUT2D eigenvalue weighted by Crippen LogP contribution is 2.38. The molecule has 0 saturated carbocycles. The molecule has 2 heterocycles. The summed E-state index contributed by atoms with van der Waals surface area (Å²) < 4.78 is 5.75. The van der Waals surface area contributed by atoms with E-state index in [9.17, 15) is 0 Å². The van der Waals surface area contributed by atoms with Crippen LogP contribution in [0.15, 0.2) is 42.0 Å². The molecule has 2 heteroatoms. The highest BCUT2D eigenvalue weighted by molar-refractivity contribution is 5.31. The first kappa shape index (κ1) is 9.62. The lowest BCUT2D eigenvalue weighted by molar-refractivity contribution is 0.109. The zero-order valence-electron chi connectivity index (χ0n) is 8.97. The van der Waals surface area contributed by atoms with Gasteiger partial charge < -0.3 is 4.74 Å².